The molecule has 4 rings (SSSR count). The summed E-state index contributed by atoms with van der Waals surface area (Å²) < 4.78 is 5.36. The van der Waals surface area contributed by atoms with E-state index >= 15 is 0 Å². The summed E-state index contributed by atoms with van der Waals surface area (Å²) in [5, 5.41) is 9.05. The number of carboxylic acids is 1. The number of ether oxygens (including phenoxy) is 1. The van der Waals surface area contributed by atoms with Crippen LogP contribution in [0.3, 0.4) is 0 Å². The maximum Gasteiger partial charge on any atom is 0.303 e. The molecule has 174 valence electrons. The highest BCUT2D eigenvalue weighted by Gasteiger charge is 2.64. The van der Waals surface area contributed by atoms with Gasteiger partial charge in [0.05, 0.1) is 0 Å². The standard InChI is InChI=1S/C26H40O5/c1-4-18-21-14-17(31-15-27)10-12-26(21,3)20-11-13-25(2)16(6-5-7-22(28)29)8-9-19(25)23(20)24(18)30/h15-21,23H,4-14H2,1-3H3,(H,28,29)/t16-,17+,18+,19-,20-,21-,23-,25+,26+/m0/s1. The van der Waals surface area contributed by atoms with Gasteiger partial charge >= 0.3 is 5.97 Å². The second kappa shape index (κ2) is 8.51. The minimum atomic E-state index is -0.704. The van der Waals surface area contributed by atoms with E-state index in [1.165, 1.54) is 0 Å². The van der Waals surface area contributed by atoms with Crippen LogP contribution in [-0.4, -0.2) is 29.4 Å². The Hall–Kier alpha value is -1.39. The van der Waals surface area contributed by atoms with Crippen LogP contribution in [0.4, 0.5) is 0 Å². The summed E-state index contributed by atoms with van der Waals surface area (Å²) >= 11 is 0. The number of rotatable bonds is 7. The average Bonchev–Trinajstić information content (AvgIpc) is 3.06. The predicted molar refractivity (Wildman–Crippen MR) is 117 cm³/mol. The third-order valence-electron chi connectivity index (χ3n) is 10.5. The first kappa shape index (κ1) is 22.8. The van der Waals surface area contributed by atoms with Crippen LogP contribution in [-0.2, 0) is 19.1 Å². The summed E-state index contributed by atoms with van der Waals surface area (Å²) in [6.07, 6.45) is 10.2. The van der Waals surface area contributed by atoms with Crippen molar-refractivity contribution in [2.75, 3.05) is 0 Å². The SMILES string of the molecule is CC[C@H]1C(=O)[C@@H]2[C@H](CC[C@]3(C)[C@@H](CCCC(=O)O)CC[C@@H]23)[C@@]2(C)CC[C@@H](OC=O)C[C@@H]12. The molecule has 0 aliphatic heterocycles. The lowest BCUT2D eigenvalue weighted by Gasteiger charge is -2.62. The fourth-order valence-electron chi connectivity index (χ4n) is 8.90. The van der Waals surface area contributed by atoms with Gasteiger partial charge in [0, 0.05) is 18.3 Å². The number of hydrogen-bond donors (Lipinski definition) is 1. The van der Waals surface area contributed by atoms with Crippen molar-refractivity contribution in [3.8, 4) is 0 Å². The van der Waals surface area contributed by atoms with E-state index in [1.54, 1.807) is 0 Å². The molecule has 0 aromatic heterocycles. The minimum Gasteiger partial charge on any atom is -0.481 e. The zero-order valence-corrected chi connectivity index (χ0v) is 19.5. The first-order valence-electron chi connectivity index (χ1n) is 12.6. The largest absolute Gasteiger partial charge is 0.481 e. The number of carbonyl (C=O) groups excluding carboxylic acids is 2. The van der Waals surface area contributed by atoms with Gasteiger partial charge in [-0.3, -0.25) is 14.4 Å². The molecule has 31 heavy (non-hydrogen) atoms. The molecular weight excluding hydrogens is 392 g/mol. The molecule has 0 amide bonds. The molecule has 4 aliphatic rings. The van der Waals surface area contributed by atoms with Crippen LogP contribution in [0.5, 0.6) is 0 Å². The molecule has 9 atom stereocenters. The van der Waals surface area contributed by atoms with Crippen LogP contribution >= 0.6 is 0 Å². The zero-order valence-electron chi connectivity index (χ0n) is 19.5. The van der Waals surface area contributed by atoms with Crippen molar-refractivity contribution in [3.05, 3.63) is 0 Å². The van der Waals surface area contributed by atoms with Gasteiger partial charge in [0.25, 0.3) is 6.47 Å². The van der Waals surface area contributed by atoms with Gasteiger partial charge in [-0.2, -0.15) is 0 Å². The Morgan fingerprint density at radius 2 is 1.81 bits per heavy atom. The average molecular weight is 433 g/mol. The second-order valence-corrected chi connectivity index (χ2v) is 11.5. The summed E-state index contributed by atoms with van der Waals surface area (Å²) in [7, 11) is 0. The van der Waals surface area contributed by atoms with Gasteiger partial charge in [-0.05, 0) is 98.7 Å². The molecule has 4 aliphatic carbocycles. The Balaban J connectivity index is 1.58. The van der Waals surface area contributed by atoms with Gasteiger partial charge in [0.15, 0.2) is 0 Å². The minimum absolute atomic E-state index is 0.0343. The fraction of sp³-hybridized carbons (Fsp3) is 0.885. The first-order valence-corrected chi connectivity index (χ1v) is 12.6. The van der Waals surface area contributed by atoms with E-state index in [0.29, 0.717) is 35.9 Å². The maximum atomic E-state index is 14.0. The normalized spacial score (nSPS) is 46.5. The number of aliphatic carboxylic acids is 1. The molecule has 0 spiro atoms. The number of fused-ring (bicyclic) bond motifs is 5. The quantitative estimate of drug-likeness (QED) is 0.555. The molecule has 4 fully saturated rings. The maximum absolute atomic E-state index is 14.0. The van der Waals surface area contributed by atoms with E-state index in [4.69, 9.17) is 9.84 Å². The second-order valence-electron chi connectivity index (χ2n) is 11.5. The molecule has 0 unspecified atom stereocenters. The fourth-order valence-corrected chi connectivity index (χ4v) is 8.90. The van der Waals surface area contributed by atoms with Crippen molar-refractivity contribution in [2.45, 2.75) is 97.5 Å². The van der Waals surface area contributed by atoms with Gasteiger partial charge in [-0.15, -0.1) is 0 Å². The molecule has 5 nitrogen and oxygen atoms in total. The van der Waals surface area contributed by atoms with E-state index in [-0.39, 0.29) is 35.2 Å². The van der Waals surface area contributed by atoms with E-state index in [9.17, 15) is 14.4 Å². The molecule has 0 heterocycles. The Kier molecular flexibility index (Phi) is 6.26. The van der Waals surface area contributed by atoms with Crippen molar-refractivity contribution in [2.24, 2.45) is 46.3 Å². The van der Waals surface area contributed by atoms with Crippen molar-refractivity contribution < 1.29 is 24.2 Å². The van der Waals surface area contributed by atoms with E-state index in [1.807, 2.05) is 0 Å². The molecule has 0 aromatic carbocycles. The Morgan fingerprint density at radius 1 is 1.10 bits per heavy atom. The molecule has 0 bridgehead atoms. The first-order chi connectivity index (χ1) is 14.8. The van der Waals surface area contributed by atoms with Gasteiger partial charge in [0.1, 0.15) is 11.9 Å². The smallest absolute Gasteiger partial charge is 0.303 e. The molecule has 0 aromatic rings. The highest BCUT2D eigenvalue weighted by molar-refractivity contribution is 5.86. The number of carbonyl (C=O) groups is 3. The summed E-state index contributed by atoms with van der Waals surface area (Å²) in [6, 6.07) is 0. The van der Waals surface area contributed by atoms with Gasteiger partial charge in [-0.25, -0.2) is 0 Å². The molecule has 4 saturated carbocycles. The van der Waals surface area contributed by atoms with E-state index < -0.39 is 5.97 Å². The lowest BCUT2D eigenvalue weighted by Crippen LogP contribution is -2.60. The van der Waals surface area contributed by atoms with Crippen LogP contribution in [0.15, 0.2) is 0 Å². The van der Waals surface area contributed by atoms with Gasteiger partial charge in [0.2, 0.25) is 0 Å². The number of carboxylic acid groups (broad SMARTS) is 1. The third-order valence-corrected chi connectivity index (χ3v) is 10.5. The van der Waals surface area contributed by atoms with Crippen molar-refractivity contribution in [1.82, 2.24) is 0 Å². The highest BCUT2D eigenvalue weighted by Crippen LogP contribution is 2.68. The number of Topliss-reactive ketones (excluding diaryl/α,β-unsaturated/α-hetero) is 1. The van der Waals surface area contributed by atoms with Gasteiger partial charge < -0.3 is 9.84 Å². The molecule has 0 saturated heterocycles. The van der Waals surface area contributed by atoms with Crippen molar-refractivity contribution in [1.29, 1.82) is 0 Å². The van der Waals surface area contributed by atoms with Crippen LogP contribution in [0.25, 0.3) is 0 Å². The van der Waals surface area contributed by atoms with E-state index in [0.717, 1.165) is 64.2 Å². The predicted octanol–water partition coefficient (Wildman–Crippen LogP) is 5.26. The summed E-state index contributed by atoms with van der Waals surface area (Å²) in [4.78, 5) is 35.9. The van der Waals surface area contributed by atoms with Crippen LogP contribution in [0, 0.1) is 46.3 Å². The summed E-state index contributed by atoms with van der Waals surface area (Å²) in [5.74, 6) is 1.80. The Bertz CT molecular complexity index is 719. The lowest BCUT2D eigenvalue weighted by atomic mass is 9.42. The molecule has 5 heteroatoms. The lowest BCUT2D eigenvalue weighted by molar-refractivity contribution is -0.175. The molecule has 0 radical (unpaired) electrons. The van der Waals surface area contributed by atoms with Gasteiger partial charge in [-0.1, -0.05) is 20.8 Å². The molecular formula is C26H40O5. The topological polar surface area (TPSA) is 80.7 Å². The molecule has 1 N–H and O–H groups in total. The van der Waals surface area contributed by atoms with Crippen molar-refractivity contribution >= 4 is 18.2 Å². The highest BCUT2D eigenvalue weighted by atomic mass is 16.5. The number of ketones is 1. The van der Waals surface area contributed by atoms with Crippen molar-refractivity contribution in [3.63, 3.8) is 0 Å². The van der Waals surface area contributed by atoms with Crippen LogP contribution in [0.1, 0.15) is 91.4 Å². The van der Waals surface area contributed by atoms with Crippen LogP contribution in [0.2, 0.25) is 0 Å². The number of hydrogen-bond acceptors (Lipinski definition) is 4. The Labute approximate surface area is 186 Å². The Morgan fingerprint density at radius 3 is 2.48 bits per heavy atom. The summed E-state index contributed by atoms with van der Waals surface area (Å²) in [5.41, 5.74) is 0.333. The monoisotopic (exact) mass is 432 g/mol. The third kappa shape index (κ3) is 3.64. The van der Waals surface area contributed by atoms with E-state index in [2.05, 4.69) is 20.8 Å². The summed E-state index contributed by atoms with van der Waals surface area (Å²) in [6.45, 7) is 7.57. The van der Waals surface area contributed by atoms with Crippen LogP contribution < -0.4 is 0 Å². The zero-order chi connectivity index (χ0) is 22.4.